The van der Waals surface area contributed by atoms with Gasteiger partial charge in [0.2, 0.25) is 0 Å². The van der Waals surface area contributed by atoms with Gasteiger partial charge in [-0.25, -0.2) is 4.79 Å². The van der Waals surface area contributed by atoms with Crippen LogP contribution in [0.2, 0.25) is 5.02 Å². The normalized spacial score (nSPS) is 24.8. The lowest BCUT2D eigenvalue weighted by molar-refractivity contribution is -0.117. The molecule has 1 heterocycles. The lowest BCUT2D eigenvalue weighted by Crippen LogP contribution is -2.44. The van der Waals surface area contributed by atoms with Crippen LogP contribution < -0.4 is 9.47 Å². The van der Waals surface area contributed by atoms with Crippen molar-refractivity contribution in [1.82, 2.24) is 0 Å². The van der Waals surface area contributed by atoms with E-state index in [2.05, 4.69) is 0 Å². The number of hydrogen-bond acceptors (Lipinski definition) is 5. The monoisotopic (exact) mass is 366 g/mol. The second-order valence-electron chi connectivity index (χ2n) is 6.69. The first-order valence-corrected chi connectivity index (χ1v) is 8.77. The van der Waals surface area contributed by atoms with Crippen molar-refractivity contribution in [2.45, 2.75) is 45.3 Å². The third-order valence-corrected chi connectivity index (χ3v) is 5.39. The molecule has 0 bridgehead atoms. The van der Waals surface area contributed by atoms with Gasteiger partial charge in [0, 0.05) is 18.4 Å². The van der Waals surface area contributed by atoms with Crippen LogP contribution in [-0.2, 0) is 9.47 Å². The maximum Gasteiger partial charge on any atom is 0.338 e. The molecule has 2 aliphatic rings. The van der Waals surface area contributed by atoms with Crippen molar-refractivity contribution in [2.75, 3.05) is 14.2 Å². The van der Waals surface area contributed by atoms with Gasteiger partial charge in [-0.3, -0.25) is 0 Å². The van der Waals surface area contributed by atoms with E-state index in [9.17, 15) is 4.79 Å². The van der Waals surface area contributed by atoms with Gasteiger partial charge in [-0.2, -0.15) is 0 Å². The van der Waals surface area contributed by atoms with Crippen LogP contribution in [0, 0.1) is 12.8 Å². The van der Waals surface area contributed by atoms with Crippen LogP contribution >= 0.6 is 11.6 Å². The minimum atomic E-state index is -0.788. The summed E-state index contributed by atoms with van der Waals surface area (Å²) in [5.41, 5.74) is 2.39. The number of fused-ring (bicyclic) bond motifs is 1. The van der Waals surface area contributed by atoms with E-state index >= 15 is 0 Å². The van der Waals surface area contributed by atoms with Gasteiger partial charge in [0.1, 0.15) is 0 Å². The van der Waals surface area contributed by atoms with Crippen molar-refractivity contribution in [1.29, 1.82) is 0 Å². The molecule has 136 valence electrons. The molecule has 0 amide bonds. The minimum Gasteiger partial charge on any atom is -0.504 e. The van der Waals surface area contributed by atoms with Crippen LogP contribution in [0.5, 0.6) is 11.5 Å². The summed E-state index contributed by atoms with van der Waals surface area (Å²) in [4.78, 5) is 12.0. The van der Waals surface area contributed by atoms with Gasteiger partial charge in [0.25, 0.3) is 5.79 Å². The number of allylic oxidation sites excluding steroid dienone is 1. The molecular weight excluding hydrogens is 344 g/mol. The predicted molar refractivity (Wildman–Crippen MR) is 94.2 cm³/mol. The summed E-state index contributed by atoms with van der Waals surface area (Å²) in [5.74, 6) is 0.0444. The Labute approximate surface area is 152 Å². The smallest absolute Gasteiger partial charge is 0.338 e. The standard InChI is InChI=1S/C19H23ClO5/c1-11-14(18(21)23-4)9-15(20)17-16(11)24-19(2,25-17)13-7-5-12(6-8-13)10-22-3/h9-10,13H,5-8H2,1-4H3. The summed E-state index contributed by atoms with van der Waals surface area (Å²) in [6, 6.07) is 1.58. The zero-order valence-electron chi connectivity index (χ0n) is 15.0. The van der Waals surface area contributed by atoms with Crippen LogP contribution in [0.25, 0.3) is 0 Å². The number of carbonyl (C=O) groups excluding carboxylic acids is 1. The Morgan fingerprint density at radius 2 is 1.92 bits per heavy atom. The molecule has 0 aromatic heterocycles. The van der Waals surface area contributed by atoms with Crippen molar-refractivity contribution in [3.05, 3.63) is 34.1 Å². The molecule has 1 aromatic rings. The molecule has 0 spiro atoms. The fourth-order valence-corrected chi connectivity index (χ4v) is 3.87. The Morgan fingerprint density at radius 1 is 1.28 bits per heavy atom. The van der Waals surface area contributed by atoms with Crippen molar-refractivity contribution in [2.24, 2.45) is 5.92 Å². The quantitative estimate of drug-likeness (QED) is 0.576. The Morgan fingerprint density at radius 3 is 2.52 bits per heavy atom. The number of carbonyl (C=O) groups is 1. The molecule has 5 nitrogen and oxygen atoms in total. The first kappa shape index (κ1) is 17.9. The van der Waals surface area contributed by atoms with Crippen LogP contribution in [-0.4, -0.2) is 26.0 Å². The zero-order valence-corrected chi connectivity index (χ0v) is 15.7. The Bertz CT molecular complexity index is 717. The second-order valence-corrected chi connectivity index (χ2v) is 7.09. The van der Waals surface area contributed by atoms with Crippen LogP contribution in [0.4, 0.5) is 0 Å². The van der Waals surface area contributed by atoms with E-state index in [1.165, 1.54) is 12.7 Å². The molecule has 6 heteroatoms. The van der Waals surface area contributed by atoms with Gasteiger partial charge < -0.3 is 18.9 Å². The summed E-state index contributed by atoms with van der Waals surface area (Å²) >= 11 is 6.34. The van der Waals surface area contributed by atoms with Crippen molar-refractivity contribution in [3.8, 4) is 11.5 Å². The van der Waals surface area contributed by atoms with Crippen molar-refractivity contribution in [3.63, 3.8) is 0 Å². The first-order valence-electron chi connectivity index (χ1n) is 8.39. The Kier molecular flexibility index (Phi) is 4.87. The molecule has 1 aliphatic heterocycles. The summed E-state index contributed by atoms with van der Waals surface area (Å²) in [5, 5.41) is 0.362. The van der Waals surface area contributed by atoms with Gasteiger partial charge in [-0.05, 0) is 44.2 Å². The molecule has 0 N–H and O–H groups in total. The SMILES string of the molecule is COC=C1CCC(C2(C)Oc3c(Cl)cc(C(=O)OC)c(C)c3O2)CC1. The second kappa shape index (κ2) is 6.79. The highest BCUT2D eigenvalue weighted by molar-refractivity contribution is 6.32. The third kappa shape index (κ3) is 3.17. The van der Waals surface area contributed by atoms with Gasteiger partial charge in [0.15, 0.2) is 11.5 Å². The lowest BCUT2D eigenvalue weighted by atomic mass is 9.81. The van der Waals surface area contributed by atoms with Crippen molar-refractivity contribution < 1.29 is 23.7 Å². The molecule has 1 aromatic carbocycles. The predicted octanol–water partition coefficient (Wildman–Crippen LogP) is 4.64. The molecule has 0 saturated heterocycles. The van der Waals surface area contributed by atoms with E-state index < -0.39 is 11.8 Å². The molecular formula is C19H23ClO5. The summed E-state index contributed by atoms with van der Waals surface area (Å²) in [7, 11) is 3.02. The highest BCUT2D eigenvalue weighted by Gasteiger charge is 2.47. The minimum absolute atomic E-state index is 0.228. The fourth-order valence-electron chi connectivity index (χ4n) is 3.63. The van der Waals surface area contributed by atoms with Crippen molar-refractivity contribution >= 4 is 17.6 Å². The number of rotatable bonds is 3. The first-order chi connectivity index (χ1) is 11.9. The summed E-state index contributed by atoms with van der Waals surface area (Å²) < 4.78 is 22.3. The highest BCUT2D eigenvalue weighted by Crippen LogP contribution is 2.51. The average Bonchev–Trinajstić information content (AvgIpc) is 2.98. The topological polar surface area (TPSA) is 54.0 Å². The molecule has 1 unspecified atom stereocenters. The van der Waals surface area contributed by atoms with E-state index in [4.69, 9.17) is 30.5 Å². The molecule has 0 radical (unpaired) electrons. The number of methoxy groups -OCH3 is 2. The molecule has 1 saturated carbocycles. The third-order valence-electron chi connectivity index (χ3n) is 5.11. The molecule has 25 heavy (non-hydrogen) atoms. The number of halogens is 1. The summed E-state index contributed by atoms with van der Waals surface area (Å²) in [6.45, 7) is 3.76. The van der Waals surface area contributed by atoms with Gasteiger partial charge in [0.05, 0.1) is 31.1 Å². The number of hydrogen-bond donors (Lipinski definition) is 0. The van der Waals surface area contributed by atoms with E-state index in [1.807, 2.05) is 20.1 Å². The van der Waals surface area contributed by atoms with E-state index in [0.29, 0.717) is 27.6 Å². The number of ether oxygens (including phenoxy) is 4. The van der Waals surface area contributed by atoms with Crippen LogP contribution in [0.1, 0.15) is 48.5 Å². The largest absolute Gasteiger partial charge is 0.504 e. The Balaban J connectivity index is 1.85. The van der Waals surface area contributed by atoms with Crippen LogP contribution in [0.3, 0.4) is 0 Å². The van der Waals surface area contributed by atoms with Gasteiger partial charge >= 0.3 is 5.97 Å². The maximum atomic E-state index is 12.0. The average molecular weight is 367 g/mol. The van der Waals surface area contributed by atoms with Crippen LogP contribution in [0.15, 0.2) is 17.9 Å². The number of esters is 1. The fraction of sp³-hybridized carbons (Fsp3) is 0.526. The van der Waals surface area contributed by atoms with E-state index in [0.717, 1.165) is 25.7 Å². The van der Waals surface area contributed by atoms with E-state index in [1.54, 1.807) is 13.2 Å². The van der Waals surface area contributed by atoms with Gasteiger partial charge in [-0.1, -0.05) is 11.6 Å². The zero-order chi connectivity index (χ0) is 18.2. The molecule has 1 atom stereocenters. The maximum absolute atomic E-state index is 12.0. The highest BCUT2D eigenvalue weighted by atomic mass is 35.5. The molecule has 1 fully saturated rings. The summed E-state index contributed by atoms with van der Waals surface area (Å²) in [6.07, 6.45) is 5.63. The molecule has 1 aliphatic carbocycles. The lowest BCUT2D eigenvalue weighted by Gasteiger charge is -2.35. The van der Waals surface area contributed by atoms with E-state index in [-0.39, 0.29) is 5.92 Å². The Hall–Kier alpha value is -1.88. The number of benzene rings is 1. The molecule has 3 rings (SSSR count). The van der Waals surface area contributed by atoms with Gasteiger partial charge in [-0.15, -0.1) is 0 Å².